The molecule has 29 heavy (non-hydrogen) atoms. The predicted molar refractivity (Wildman–Crippen MR) is 109 cm³/mol. The van der Waals surface area contributed by atoms with E-state index in [1.54, 1.807) is 32.0 Å². The molecule has 0 aliphatic carbocycles. The minimum atomic E-state index is -0.965. The molecule has 1 amide bonds. The zero-order valence-corrected chi connectivity index (χ0v) is 16.3. The van der Waals surface area contributed by atoms with Gasteiger partial charge in [-0.3, -0.25) is 14.4 Å². The van der Waals surface area contributed by atoms with Crippen molar-refractivity contribution in [3.63, 3.8) is 0 Å². The summed E-state index contributed by atoms with van der Waals surface area (Å²) in [5.74, 6) is -0.814. The lowest BCUT2D eigenvalue weighted by Crippen LogP contribution is -2.35. The van der Waals surface area contributed by atoms with Crippen LogP contribution in [0.25, 0.3) is 22.3 Å². The number of carbonyl (C=O) groups excluding carboxylic acids is 1. The van der Waals surface area contributed by atoms with Crippen LogP contribution in [0.2, 0.25) is 0 Å². The molecule has 0 spiro atoms. The van der Waals surface area contributed by atoms with Crippen molar-refractivity contribution in [3.05, 3.63) is 69.9 Å². The van der Waals surface area contributed by atoms with Crippen molar-refractivity contribution < 1.29 is 19.1 Å². The maximum absolute atomic E-state index is 13.2. The Balaban J connectivity index is 1.84. The van der Waals surface area contributed by atoms with Crippen molar-refractivity contribution in [1.29, 1.82) is 0 Å². The Hall–Kier alpha value is -3.41. The Kier molecular flexibility index (Phi) is 4.49. The van der Waals surface area contributed by atoms with E-state index in [2.05, 4.69) is 0 Å². The van der Waals surface area contributed by atoms with Gasteiger partial charge < -0.3 is 14.4 Å². The van der Waals surface area contributed by atoms with Crippen LogP contribution in [0.1, 0.15) is 29.3 Å². The summed E-state index contributed by atoms with van der Waals surface area (Å²) in [6.45, 7) is 3.82. The zero-order chi connectivity index (χ0) is 20.8. The van der Waals surface area contributed by atoms with Gasteiger partial charge in [0.05, 0.1) is 16.4 Å². The van der Waals surface area contributed by atoms with E-state index in [-0.39, 0.29) is 29.0 Å². The molecule has 1 atom stereocenters. The van der Waals surface area contributed by atoms with Crippen LogP contribution in [0.15, 0.2) is 57.7 Å². The monoisotopic (exact) mass is 391 g/mol. The normalized spacial score (nSPS) is 18.9. The maximum Gasteiger partial charge on any atom is 0.311 e. The highest BCUT2D eigenvalue weighted by molar-refractivity contribution is 6.05. The number of para-hydroxylation sites is 1. The summed E-state index contributed by atoms with van der Waals surface area (Å²) in [4.78, 5) is 39.2. The van der Waals surface area contributed by atoms with E-state index in [1.807, 2.05) is 30.3 Å². The number of aliphatic carboxylic acids is 1. The second-order valence-electron chi connectivity index (χ2n) is 7.78. The Morgan fingerprint density at radius 3 is 2.48 bits per heavy atom. The van der Waals surface area contributed by atoms with Crippen LogP contribution in [-0.2, 0) is 4.79 Å². The number of carboxylic acid groups (broad SMARTS) is 1. The lowest BCUT2D eigenvalue weighted by atomic mass is 9.90. The molecule has 1 saturated heterocycles. The molecule has 4 rings (SSSR count). The SMILES string of the molecule is Cc1c(-c2ccccc2)oc2c(C(=O)N3CC[C@@](C)(C(=O)O)C3)cccc2c1=O. The number of hydrogen-bond acceptors (Lipinski definition) is 4. The second-order valence-corrected chi connectivity index (χ2v) is 7.78. The van der Waals surface area contributed by atoms with Gasteiger partial charge in [-0.15, -0.1) is 0 Å². The van der Waals surface area contributed by atoms with Gasteiger partial charge in [0.2, 0.25) is 0 Å². The molecule has 2 heterocycles. The van der Waals surface area contributed by atoms with Crippen molar-refractivity contribution in [1.82, 2.24) is 4.90 Å². The number of fused-ring (bicyclic) bond motifs is 1. The summed E-state index contributed by atoms with van der Waals surface area (Å²) in [5, 5.41) is 9.79. The van der Waals surface area contributed by atoms with E-state index in [9.17, 15) is 19.5 Å². The molecule has 6 nitrogen and oxygen atoms in total. The van der Waals surface area contributed by atoms with Crippen molar-refractivity contribution in [2.75, 3.05) is 13.1 Å². The number of carbonyl (C=O) groups is 2. The Bertz CT molecular complexity index is 1180. The minimum absolute atomic E-state index is 0.124. The molecule has 0 bridgehead atoms. The molecular weight excluding hydrogens is 370 g/mol. The minimum Gasteiger partial charge on any atom is -0.481 e. The first-order valence-electron chi connectivity index (χ1n) is 9.46. The number of rotatable bonds is 3. The first kappa shape index (κ1) is 18.9. The summed E-state index contributed by atoms with van der Waals surface area (Å²) >= 11 is 0. The van der Waals surface area contributed by atoms with Crippen LogP contribution in [0, 0.1) is 12.3 Å². The molecule has 1 aromatic heterocycles. The Morgan fingerprint density at radius 1 is 1.10 bits per heavy atom. The molecule has 0 radical (unpaired) electrons. The van der Waals surface area contributed by atoms with Gasteiger partial charge in [-0.05, 0) is 32.4 Å². The first-order valence-corrected chi connectivity index (χ1v) is 9.46. The molecule has 1 N–H and O–H groups in total. The highest BCUT2D eigenvalue weighted by Gasteiger charge is 2.42. The van der Waals surface area contributed by atoms with E-state index in [0.717, 1.165) is 5.56 Å². The quantitative estimate of drug-likeness (QED) is 0.735. The third-order valence-electron chi connectivity index (χ3n) is 5.69. The molecule has 6 heteroatoms. The lowest BCUT2D eigenvalue weighted by molar-refractivity contribution is -0.147. The smallest absolute Gasteiger partial charge is 0.311 e. The number of benzene rings is 2. The average molecular weight is 391 g/mol. The van der Waals surface area contributed by atoms with Crippen LogP contribution in [0.4, 0.5) is 0 Å². The standard InChI is InChI=1S/C23H21NO5/c1-14-18(25)16-9-6-10-17(20(16)29-19(14)15-7-4-3-5-8-15)21(26)24-12-11-23(2,13-24)22(27)28/h3-10H,11-13H2,1-2H3,(H,27,28)/t23-/m1/s1. The Morgan fingerprint density at radius 2 is 1.83 bits per heavy atom. The molecule has 0 unspecified atom stereocenters. The van der Waals surface area contributed by atoms with Gasteiger partial charge in [0.15, 0.2) is 11.0 Å². The fourth-order valence-corrected chi connectivity index (χ4v) is 3.82. The summed E-state index contributed by atoms with van der Waals surface area (Å²) in [6, 6.07) is 14.2. The molecule has 2 aromatic carbocycles. The highest BCUT2D eigenvalue weighted by atomic mass is 16.4. The molecule has 1 aliphatic heterocycles. The number of hydrogen-bond donors (Lipinski definition) is 1. The number of carboxylic acids is 1. The maximum atomic E-state index is 13.2. The number of amides is 1. The van der Waals surface area contributed by atoms with Gasteiger partial charge in [0.25, 0.3) is 5.91 Å². The zero-order valence-electron chi connectivity index (χ0n) is 16.3. The molecule has 3 aromatic rings. The number of likely N-dealkylation sites (tertiary alicyclic amines) is 1. The Labute approximate surface area is 167 Å². The largest absolute Gasteiger partial charge is 0.481 e. The molecule has 148 valence electrons. The van der Waals surface area contributed by atoms with Crippen LogP contribution in [0.5, 0.6) is 0 Å². The van der Waals surface area contributed by atoms with Gasteiger partial charge in [-0.1, -0.05) is 36.4 Å². The van der Waals surface area contributed by atoms with Crippen molar-refractivity contribution >= 4 is 22.8 Å². The third kappa shape index (κ3) is 3.10. The van der Waals surface area contributed by atoms with Crippen molar-refractivity contribution in [3.8, 4) is 11.3 Å². The molecule has 1 aliphatic rings. The van der Waals surface area contributed by atoms with E-state index in [1.165, 1.54) is 4.90 Å². The van der Waals surface area contributed by atoms with Crippen molar-refractivity contribution in [2.24, 2.45) is 5.41 Å². The van der Waals surface area contributed by atoms with Gasteiger partial charge >= 0.3 is 5.97 Å². The van der Waals surface area contributed by atoms with E-state index in [0.29, 0.717) is 29.7 Å². The fraction of sp³-hybridized carbons (Fsp3) is 0.261. The van der Waals surface area contributed by atoms with Crippen LogP contribution < -0.4 is 5.43 Å². The first-order chi connectivity index (χ1) is 13.8. The van der Waals surface area contributed by atoms with E-state index >= 15 is 0 Å². The van der Waals surface area contributed by atoms with Gasteiger partial charge in [-0.2, -0.15) is 0 Å². The van der Waals surface area contributed by atoms with Crippen LogP contribution >= 0.6 is 0 Å². The van der Waals surface area contributed by atoms with Crippen LogP contribution in [-0.4, -0.2) is 35.0 Å². The van der Waals surface area contributed by atoms with E-state index < -0.39 is 11.4 Å². The highest BCUT2D eigenvalue weighted by Crippen LogP contribution is 2.33. The van der Waals surface area contributed by atoms with Gasteiger partial charge in [0.1, 0.15) is 5.76 Å². The topological polar surface area (TPSA) is 87.8 Å². The summed E-state index contributed by atoms with van der Waals surface area (Å²) in [5.41, 5.74) is 0.588. The average Bonchev–Trinajstić information content (AvgIpc) is 3.14. The molecule has 1 fully saturated rings. The third-order valence-corrected chi connectivity index (χ3v) is 5.69. The van der Waals surface area contributed by atoms with Crippen LogP contribution in [0.3, 0.4) is 0 Å². The van der Waals surface area contributed by atoms with Gasteiger partial charge in [0, 0.05) is 24.2 Å². The molecule has 0 saturated carbocycles. The van der Waals surface area contributed by atoms with Gasteiger partial charge in [-0.25, -0.2) is 0 Å². The number of nitrogens with zero attached hydrogens (tertiary/aromatic N) is 1. The molecular formula is C23H21NO5. The predicted octanol–water partition coefficient (Wildman–Crippen LogP) is 3.71. The summed E-state index contributed by atoms with van der Waals surface area (Å²) in [6.07, 6.45) is 0.386. The fourth-order valence-electron chi connectivity index (χ4n) is 3.82. The summed E-state index contributed by atoms with van der Waals surface area (Å²) < 4.78 is 6.11. The summed E-state index contributed by atoms with van der Waals surface area (Å²) in [7, 11) is 0. The lowest BCUT2D eigenvalue weighted by Gasteiger charge is -2.20. The second kappa shape index (κ2) is 6.88. The van der Waals surface area contributed by atoms with Crippen molar-refractivity contribution in [2.45, 2.75) is 20.3 Å². The van der Waals surface area contributed by atoms with E-state index in [4.69, 9.17) is 4.42 Å².